The molecule has 0 atom stereocenters. The molecule has 0 heterocycles. The molecule has 0 bridgehead atoms. The van der Waals surface area contributed by atoms with Crippen molar-refractivity contribution in [3.63, 3.8) is 0 Å². The lowest BCUT2D eigenvalue weighted by Gasteiger charge is -2.06. The number of esters is 1. The quantitative estimate of drug-likeness (QED) is 0.273. The van der Waals surface area contributed by atoms with E-state index in [0.717, 1.165) is 0 Å². The van der Waals surface area contributed by atoms with Gasteiger partial charge in [0.05, 0.1) is 12.5 Å². The lowest BCUT2D eigenvalue weighted by molar-refractivity contribution is -0.139. The largest absolute Gasteiger partial charge is 0.462 e. The Morgan fingerprint density at radius 3 is 2.53 bits per heavy atom. The first kappa shape index (κ1) is 16.0. The van der Waals surface area contributed by atoms with Gasteiger partial charge in [0.15, 0.2) is 5.78 Å². The monoisotopic (exact) mass is 320 g/mol. The van der Waals surface area contributed by atoms with Gasteiger partial charge in [-0.3, -0.25) is 4.79 Å². The SMILES string of the molecule is CCOC(=O)/C(=C\c1ccc(Cl)cc1Cl)C(=O)CCl. The zero-order valence-corrected chi connectivity index (χ0v) is 12.4. The minimum absolute atomic E-state index is 0.138. The Labute approximate surface area is 126 Å². The van der Waals surface area contributed by atoms with Gasteiger partial charge in [0.1, 0.15) is 5.57 Å². The van der Waals surface area contributed by atoms with Crippen LogP contribution in [0.4, 0.5) is 0 Å². The van der Waals surface area contributed by atoms with Crippen molar-refractivity contribution >= 4 is 52.6 Å². The van der Waals surface area contributed by atoms with E-state index < -0.39 is 11.8 Å². The molecule has 19 heavy (non-hydrogen) atoms. The van der Waals surface area contributed by atoms with Crippen LogP contribution in [-0.2, 0) is 14.3 Å². The number of rotatable bonds is 5. The normalized spacial score (nSPS) is 11.3. The Morgan fingerprint density at radius 2 is 2.00 bits per heavy atom. The third-order valence-electron chi connectivity index (χ3n) is 2.18. The maximum absolute atomic E-state index is 11.7. The fourth-order valence-corrected chi connectivity index (χ4v) is 1.92. The second kappa shape index (κ2) is 7.53. The van der Waals surface area contributed by atoms with Crippen LogP contribution in [0.2, 0.25) is 10.0 Å². The molecule has 1 aromatic rings. The average Bonchev–Trinajstić information content (AvgIpc) is 2.37. The van der Waals surface area contributed by atoms with E-state index in [0.29, 0.717) is 15.6 Å². The molecule has 0 radical (unpaired) electrons. The predicted molar refractivity (Wildman–Crippen MR) is 76.8 cm³/mol. The highest BCUT2D eigenvalue weighted by atomic mass is 35.5. The summed E-state index contributed by atoms with van der Waals surface area (Å²) in [6.07, 6.45) is 1.35. The molecule has 0 unspecified atom stereocenters. The van der Waals surface area contributed by atoms with Gasteiger partial charge in [-0.15, -0.1) is 11.6 Å². The third kappa shape index (κ3) is 4.53. The number of ether oxygens (including phenoxy) is 1. The van der Waals surface area contributed by atoms with Gasteiger partial charge < -0.3 is 4.74 Å². The fourth-order valence-electron chi connectivity index (χ4n) is 1.31. The van der Waals surface area contributed by atoms with Crippen molar-refractivity contribution in [2.75, 3.05) is 12.5 Å². The van der Waals surface area contributed by atoms with E-state index in [2.05, 4.69) is 0 Å². The topological polar surface area (TPSA) is 43.4 Å². The molecule has 0 aliphatic carbocycles. The van der Waals surface area contributed by atoms with Crippen LogP contribution < -0.4 is 0 Å². The Kier molecular flexibility index (Phi) is 6.35. The molecule has 1 rings (SSSR count). The van der Waals surface area contributed by atoms with Gasteiger partial charge in [0.25, 0.3) is 0 Å². The number of carbonyl (C=O) groups is 2. The number of hydrogen-bond donors (Lipinski definition) is 0. The van der Waals surface area contributed by atoms with E-state index in [1.54, 1.807) is 19.1 Å². The van der Waals surface area contributed by atoms with Gasteiger partial charge in [-0.25, -0.2) is 4.79 Å². The van der Waals surface area contributed by atoms with Crippen molar-refractivity contribution in [3.8, 4) is 0 Å². The van der Waals surface area contributed by atoms with E-state index in [4.69, 9.17) is 39.5 Å². The van der Waals surface area contributed by atoms with Gasteiger partial charge in [0, 0.05) is 10.0 Å². The first-order chi connectivity index (χ1) is 8.99. The minimum Gasteiger partial charge on any atom is -0.462 e. The lowest BCUT2D eigenvalue weighted by atomic mass is 10.1. The van der Waals surface area contributed by atoms with Crippen molar-refractivity contribution in [2.45, 2.75) is 6.92 Å². The van der Waals surface area contributed by atoms with Crippen LogP contribution in [0.15, 0.2) is 23.8 Å². The summed E-state index contributed by atoms with van der Waals surface area (Å²) in [6.45, 7) is 1.82. The van der Waals surface area contributed by atoms with Crippen molar-refractivity contribution in [1.82, 2.24) is 0 Å². The van der Waals surface area contributed by atoms with E-state index in [-0.39, 0.29) is 18.1 Å². The molecule has 0 saturated carbocycles. The number of carbonyl (C=O) groups excluding carboxylic acids is 2. The summed E-state index contributed by atoms with van der Waals surface area (Å²) in [4.78, 5) is 23.3. The molecule has 6 heteroatoms. The van der Waals surface area contributed by atoms with Crippen molar-refractivity contribution in [3.05, 3.63) is 39.4 Å². The average molecular weight is 322 g/mol. The van der Waals surface area contributed by atoms with Crippen LogP contribution >= 0.6 is 34.8 Å². The molecule has 0 aromatic heterocycles. The number of benzene rings is 1. The Morgan fingerprint density at radius 1 is 1.32 bits per heavy atom. The summed E-state index contributed by atoms with van der Waals surface area (Å²) >= 11 is 17.2. The zero-order chi connectivity index (χ0) is 14.4. The molecule has 0 aliphatic heterocycles. The highest BCUT2D eigenvalue weighted by Crippen LogP contribution is 2.23. The molecular formula is C13H11Cl3O3. The molecule has 0 spiro atoms. The summed E-state index contributed by atoms with van der Waals surface area (Å²) in [5.74, 6) is -1.55. The van der Waals surface area contributed by atoms with Gasteiger partial charge in [-0.05, 0) is 30.7 Å². The molecule has 0 fully saturated rings. The molecule has 1 aromatic carbocycles. The van der Waals surface area contributed by atoms with Gasteiger partial charge in [-0.2, -0.15) is 0 Å². The highest BCUT2D eigenvalue weighted by molar-refractivity contribution is 6.37. The Balaban J connectivity index is 3.19. The Hall–Kier alpha value is -1.03. The van der Waals surface area contributed by atoms with Gasteiger partial charge in [0.2, 0.25) is 0 Å². The molecule has 0 saturated heterocycles. The van der Waals surface area contributed by atoms with Crippen LogP contribution in [0.3, 0.4) is 0 Å². The van der Waals surface area contributed by atoms with Crippen molar-refractivity contribution in [2.24, 2.45) is 0 Å². The number of hydrogen-bond acceptors (Lipinski definition) is 3. The highest BCUT2D eigenvalue weighted by Gasteiger charge is 2.19. The van der Waals surface area contributed by atoms with Gasteiger partial charge in [-0.1, -0.05) is 29.3 Å². The molecular weight excluding hydrogens is 310 g/mol. The summed E-state index contributed by atoms with van der Waals surface area (Å²) in [5, 5.41) is 0.792. The standard InChI is InChI=1S/C13H11Cl3O3/c1-2-19-13(18)10(12(17)7-14)5-8-3-4-9(15)6-11(8)16/h3-6H,2,7H2,1H3/b10-5-. The summed E-state index contributed by atoms with van der Waals surface area (Å²) in [7, 11) is 0. The predicted octanol–water partition coefficient (Wildman–Crippen LogP) is 3.75. The number of alkyl halides is 1. The molecule has 0 amide bonds. The number of ketones is 1. The van der Waals surface area contributed by atoms with Crippen LogP contribution in [0.1, 0.15) is 12.5 Å². The smallest absolute Gasteiger partial charge is 0.341 e. The number of Topliss-reactive ketones (excluding diaryl/α,β-unsaturated/α-hetero) is 1. The van der Waals surface area contributed by atoms with Crippen LogP contribution in [-0.4, -0.2) is 24.2 Å². The van der Waals surface area contributed by atoms with E-state index in [1.165, 1.54) is 12.1 Å². The molecule has 0 aliphatic rings. The molecule has 102 valence electrons. The summed E-state index contributed by atoms with van der Waals surface area (Å²) in [5.41, 5.74) is 0.355. The van der Waals surface area contributed by atoms with Crippen LogP contribution in [0.5, 0.6) is 0 Å². The van der Waals surface area contributed by atoms with E-state index in [9.17, 15) is 9.59 Å². The Bertz CT molecular complexity index is 524. The molecule has 3 nitrogen and oxygen atoms in total. The number of halogens is 3. The maximum Gasteiger partial charge on any atom is 0.341 e. The minimum atomic E-state index is -0.723. The van der Waals surface area contributed by atoms with Crippen LogP contribution in [0.25, 0.3) is 6.08 Å². The van der Waals surface area contributed by atoms with E-state index >= 15 is 0 Å². The zero-order valence-electron chi connectivity index (χ0n) is 10.1. The maximum atomic E-state index is 11.7. The summed E-state index contributed by atoms with van der Waals surface area (Å²) in [6, 6.07) is 4.72. The summed E-state index contributed by atoms with van der Waals surface area (Å²) < 4.78 is 4.81. The third-order valence-corrected chi connectivity index (χ3v) is 2.98. The fraction of sp³-hybridized carbons (Fsp3) is 0.231. The van der Waals surface area contributed by atoms with Crippen molar-refractivity contribution < 1.29 is 14.3 Å². The molecule has 0 N–H and O–H groups in total. The van der Waals surface area contributed by atoms with Crippen LogP contribution in [0, 0.1) is 0 Å². The first-order valence-corrected chi connectivity index (χ1v) is 6.71. The first-order valence-electron chi connectivity index (χ1n) is 5.42. The second-order valence-corrected chi connectivity index (χ2v) is 4.61. The lowest BCUT2D eigenvalue weighted by Crippen LogP contribution is -2.16. The second-order valence-electron chi connectivity index (χ2n) is 3.50. The van der Waals surface area contributed by atoms with Gasteiger partial charge >= 0.3 is 5.97 Å². The van der Waals surface area contributed by atoms with Crippen molar-refractivity contribution in [1.29, 1.82) is 0 Å². The van der Waals surface area contributed by atoms with E-state index in [1.807, 2.05) is 0 Å².